The zero-order valence-electron chi connectivity index (χ0n) is 11.0. The highest BCUT2D eigenvalue weighted by molar-refractivity contribution is 9.11. The molecule has 0 aromatic carbocycles. The second-order valence-electron chi connectivity index (χ2n) is 4.09. The highest BCUT2D eigenvalue weighted by Gasteiger charge is 2.24. The van der Waals surface area contributed by atoms with Crippen LogP contribution in [-0.4, -0.2) is 36.2 Å². The summed E-state index contributed by atoms with van der Waals surface area (Å²) in [5.41, 5.74) is 0. The number of nitrogens with one attached hydrogen (secondary N) is 1. The lowest BCUT2D eigenvalue weighted by molar-refractivity contribution is -0.143. The van der Waals surface area contributed by atoms with Crippen LogP contribution < -0.4 is 5.32 Å². The normalized spacial score (nSPS) is 13.5. The van der Waals surface area contributed by atoms with Gasteiger partial charge in [0.25, 0.3) is 0 Å². The Labute approximate surface area is 129 Å². The van der Waals surface area contributed by atoms with Crippen molar-refractivity contribution >= 4 is 39.1 Å². The van der Waals surface area contributed by atoms with E-state index in [-0.39, 0.29) is 19.1 Å². The number of carbonyl (C=O) groups excluding carboxylic acids is 1. The van der Waals surface area contributed by atoms with Gasteiger partial charge in [-0.2, -0.15) is 0 Å². The minimum atomic E-state index is -1.12. The van der Waals surface area contributed by atoms with Crippen molar-refractivity contribution in [2.75, 3.05) is 13.2 Å². The van der Waals surface area contributed by atoms with E-state index in [4.69, 9.17) is 9.84 Å². The maximum absolute atomic E-state index is 12.0. The van der Waals surface area contributed by atoms with E-state index in [2.05, 4.69) is 27.8 Å². The number of ether oxygens (including phenoxy) is 1. The Morgan fingerprint density at radius 3 is 2.80 bits per heavy atom. The summed E-state index contributed by atoms with van der Waals surface area (Å²) in [6.45, 7) is 5.36. The topological polar surface area (TPSA) is 75.6 Å². The third-order valence-electron chi connectivity index (χ3n) is 2.55. The Morgan fingerprint density at radius 1 is 1.60 bits per heavy atom. The van der Waals surface area contributed by atoms with Gasteiger partial charge in [0.15, 0.2) is 6.04 Å². The number of carboxylic acids is 1. The van der Waals surface area contributed by atoms with Crippen molar-refractivity contribution in [3.63, 3.8) is 0 Å². The molecule has 1 heterocycles. The molecular weight excluding hydrogens is 346 g/mol. The van der Waals surface area contributed by atoms with Gasteiger partial charge in [0.05, 0.1) is 22.9 Å². The van der Waals surface area contributed by atoms with E-state index >= 15 is 0 Å². The maximum atomic E-state index is 12.0. The van der Waals surface area contributed by atoms with Crippen LogP contribution in [0.1, 0.15) is 17.7 Å². The highest BCUT2D eigenvalue weighted by atomic mass is 79.9. The summed E-state index contributed by atoms with van der Waals surface area (Å²) in [5.74, 6) is -1.87. The second kappa shape index (κ2) is 8.18. The largest absolute Gasteiger partial charge is 0.480 e. The lowest BCUT2D eigenvalue weighted by Gasteiger charge is -2.17. The van der Waals surface area contributed by atoms with E-state index in [0.717, 1.165) is 8.66 Å². The molecule has 110 valence electrons. The van der Waals surface area contributed by atoms with E-state index < -0.39 is 17.9 Å². The van der Waals surface area contributed by atoms with Crippen molar-refractivity contribution in [3.8, 4) is 0 Å². The van der Waals surface area contributed by atoms with E-state index in [0.29, 0.717) is 0 Å². The zero-order chi connectivity index (χ0) is 15.1. The Balaban J connectivity index is 2.60. The van der Waals surface area contributed by atoms with E-state index in [9.17, 15) is 9.59 Å². The van der Waals surface area contributed by atoms with Gasteiger partial charge in [-0.1, -0.05) is 6.08 Å². The molecule has 1 aromatic rings. The molecule has 1 amide bonds. The smallest absolute Gasteiger partial charge is 0.328 e. The predicted octanol–water partition coefficient (Wildman–Crippen LogP) is 2.39. The summed E-state index contributed by atoms with van der Waals surface area (Å²) >= 11 is 4.77. The summed E-state index contributed by atoms with van der Waals surface area (Å²) in [5, 5.41) is 11.5. The van der Waals surface area contributed by atoms with Crippen molar-refractivity contribution in [3.05, 3.63) is 33.5 Å². The fraction of sp³-hybridized carbons (Fsp3) is 0.385. The van der Waals surface area contributed by atoms with Crippen molar-refractivity contribution in [2.45, 2.75) is 18.9 Å². The van der Waals surface area contributed by atoms with Crippen molar-refractivity contribution in [1.29, 1.82) is 0 Å². The summed E-state index contributed by atoms with van der Waals surface area (Å²) in [6.07, 6.45) is 1.52. The van der Waals surface area contributed by atoms with E-state index in [1.165, 1.54) is 17.4 Å². The van der Waals surface area contributed by atoms with Gasteiger partial charge in [0.2, 0.25) is 5.91 Å². The van der Waals surface area contributed by atoms with Gasteiger partial charge in [-0.3, -0.25) is 4.79 Å². The standard InChI is InChI=1S/C13H16BrNO4S/c1-3-6-19-7-9(13(17)18)15-12(16)8(2)10-4-5-11(14)20-10/h3-5,8-9H,1,6-7H2,2H3,(H,15,16)(H,17,18). The molecule has 1 aromatic heterocycles. The van der Waals surface area contributed by atoms with Crippen LogP contribution >= 0.6 is 27.3 Å². The summed E-state index contributed by atoms with van der Waals surface area (Å²) in [7, 11) is 0. The molecule has 2 N–H and O–H groups in total. The molecule has 0 aliphatic heterocycles. The molecule has 0 saturated heterocycles. The fourth-order valence-electron chi connectivity index (χ4n) is 1.43. The molecule has 0 aliphatic rings. The monoisotopic (exact) mass is 361 g/mol. The van der Waals surface area contributed by atoms with Crippen LogP contribution in [0.15, 0.2) is 28.6 Å². The average Bonchev–Trinajstić information content (AvgIpc) is 2.83. The molecule has 0 saturated carbocycles. The number of hydrogen-bond donors (Lipinski definition) is 2. The molecule has 20 heavy (non-hydrogen) atoms. The molecule has 0 fully saturated rings. The molecule has 0 bridgehead atoms. The highest BCUT2D eigenvalue weighted by Crippen LogP contribution is 2.28. The number of amides is 1. The minimum Gasteiger partial charge on any atom is -0.480 e. The first-order chi connectivity index (χ1) is 9.45. The quantitative estimate of drug-likeness (QED) is 0.550. The zero-order valence-corrected chi connectivity index (χ0v) is 13.4. The van der Waals surface area contributed by atoms with Crippen LogP contribution in [0.25, 0.3) is 0 Å². The third kappa shape index (κ3) is 5.07. The lowest BCUT2D eigenvalue weighted by atomic mass is 10.1. The fourth-order valence-corrected chi connectivity index (χ4v) is 2.90. The van der Waals surface area contributed by atoms with E-state index in [1.54, 1.807) is 6.92 Å². The molecule has 2 unspecified atom stereocenters. The maximum Gasteiger partial charge on any atom is 0.328 e. The Kier molecular flexibility index (Phi) is 6.90. The van der Waals surface area contributed by atoms with Crippen LogP contribution in [0, 0.1) is 0 Å². The number of halogens is 1. The van der Waals surface area contributed by atoms with Crippen molar-refractivity contribution in [2.24, 2.45) is 0 Å². The molecular formula is C13H16BrNO4S. The van der Waals surface area contributed by atoms with Crippen LogP contribution in [0.3, 0.4) is 0 Å². The van der Waals surface area contributed by atoms with Gasteiger partial charge in [-0.25, -0.2) is 4.79 Å². The van der Waals surface area contributed by atoms with Crippen LogP contribution in [0.2, 0.25) is 0 Å². The lowest BCUT2D eigenvalue weighted by Crippen LogP contribution is -2.45. The first kappa shape index (κ1) is 16.9. The summed E-state index contributed by atoms with van der Waals surface area (Å²) < 4.78 is 6.01. The molecule has 2 atom stereocenters. The number of carbonyl (C=O) groups is 2. The number of thiophene rings is 1. The molecule has 0 radical (unpaired) electrons. The van der Waals surface area contributed by atoms with Gasteiger partial charge in [0, 0.05) is 4.88 Å². The molecule has 1 rings (SSSR count). The third-order valence-corrected chi connectivity index (χ3v) is 4.36. The second-order valence-corrected chi connectivity index (χ2v) is 6.58. The molecule has 7 heteroatoms. The van der Waals surface area contributed by atoms with Gasteiger partial charge >= 0.3 is 5.97 Å². The molecule has 0 aliphatic carbocycles. The van der Waals surface area contributed by atoms with Crippen LogP contribution in [0.5, 0.6) is 0 Å². The van der Waals surface area contributed by atoms with Crippen molar-refractivity contribution < 1.29 is 19.4 Å². The van der Waals surface area contributed by atoms with Gasteiger partial charge in [-0.05, 0) is 35.0 Å². The summed E-state index contributed by atoms with van der Waals surface area (Å²) in [4.78, 5) is 24.0. The van der Waals surface area contributed by atoms with Gasteiger partial charge in [0.1, 0.15) is 0 Å². The SMILES string of the molecule is C=CCOCC(NC(=O)C(C)c1ccc(Br)s1)C(=O)O. The van der Waals surface area contributed by atoms with Gasteiger partial charge < -0.3 is 15.2 Å². The summed E-state index contributed by atoms with van der Waals surface area (Å²) in [6, 6.07) is 2.63. The van der Waals surface area contributed by atoms with Crippen LogP contribution in [0.4, 0.5) is 0 Å². The first-order valence-electron chi connectivity index (χ1n) is 5.92. The average molecular weight is 362 g/mol. The van der Waals surface area contributed by atoms with Gasteiger partial charge in [-0.15, -0.1) is 17.9 Å². The Hall–Kier alpha value is -1.18. The number of aliphatic carboxylic acids is 1. The number of hydrogen-bond acceptors (Lipinski definition) is 4. The first-order valence-corrected chi connectivity index (χ1v) is 7.53. The predicted molar refractivity (Wildman–Crippen MR) is 81.0 cm³/mol. The van der Waals surface area contributed by atoms with Crippen LogP contribution in [-0.2, 0) is 14.3 Å². The molecule has 5 nitrogen and oxygen atoms in total. The minimum absolute atomic E-state index is 0.0893. The number of rotatable bonds is 8. The number of carboxylic acid groups (broad SMARTS) is 1. The van der Waals surface area contributed by atoms with E-state index in [1.807, 2.05) is 12.1 Å². The Bertz CT molecular complexity index is 488. The van der Waals surface area contributed by atoms with Crippen molar-refractivity contribution in [1.82, 2.24) is 5.32 Å². The molecule has 0 spiro atoms. The Morgan fingerprint density at radius 2 is 2.30 bits per heavy atom.